The van der Waals surface area contributed by atoms with E-state index in [2.05, 4.69) is 22.5 Å². The molecule has 0 aromatic carbocycles. The number of likely N-dealkylation sites (tertiary alicyclic amines) is 1. The summed E-state index contributed by atoms with van der Waals surface area (Å²) in [5.41, 5.74) is 0. The Hall–Kier alpha value is -0.120. The van der Waals surface area contributed by atoms with Gasteiger partial charge >= 0.3 is 0 Å². The maximum Gasteiger partial charge on any atom is 0.0207 e. The van der Waals surface area contributed by atoms with Gasteiger partial charge in [-0.1, -0.05) is 6.92 Å². The van der Waals surface area contributed by atoms with Crippen LogP contribution in [0.5, 0.6) is 0 Å². The van der Waals surface area contributed by atoms with Gasteiger partial charge in [0, 0.05) is 25.2 Å². The van der Waals surface area contributed by atoms with Crippen molar-refractivity contribution in [1.29, 1.82) is 0 Å². The lowest BCUT2D eigenvalue weighted by Gasteiger charge is -2.18. The Labute approximate surface area is 93.6 Å². The molecule has 0 aromatic rings. The van der Waals surface area contributed by atoms with Crippen molar-refractivity contribution >= 4 is 0 Å². The number of hydrogen-bond acceptors (Lipinski definition) is 3. The van der Waals surface area contributed by atoms with Crippen LogP contribution >= 0.6 is 0 Å². The Morgan fingerprint density at radius 2 is 2.07 bits per heavy atom. The summed E-state index contributed by atoms with van der Waals surface area (Å²) in [6.45, 7) is 7.19. The average Bonchev–Trinajstić information content (AvgIpc) is 2.96. The van der Waals surface area contributed by atoms with Crippen LogP contribution in [0.25, 0.3) is 0 Å². The fourth-order valence-corrected chi connectivity index (χ4v) is 2.51. The molecule has 0 radical (unpaired) electrons. The maximum absolute atomic E-state index is 3.70. The van der Waals surface area contributed by atoms with Gasteiger partial charge in [0.2, 0.25) is 0 Å². The van der Waals surface area contributed by atoms with E-state index in [0.717, 1.165) is 31.1 Å². The van der Waals surface area contributed by atoms with Gasteiger partial charge in [-0.2, -0.15) is 0 Å². The van der Waals surface area contributed by atoms with Crippen LogP contribution in [0.3, 0.4) is 0 Å². The second kappa shape index (κ2) is 5.28. The van der Waals surface area contributed by atoms with E-state index in [4.69, 9.17) is 0 Å². The van der Waals surface area contributed by atoms with Crippen LogP contribution in [-0.2, 0) is 0 Å². The highest BCUT2D eigenvalue weighted by molar-refractivity contribution is 4.91. The summed E-state index contributed by atoms with van der Waals surface area (Å²) in [6.07, 6.45) is 4.24. The van der Waals surface area contributed by atoms with Crippen molar-refractivity contribution < 1.29 is 0 Å². The molecular formula is C12H25N3. The molecule has 0 bridgehead atoms. The molecule has 2 N–H and O–H groups in total. The number of rotatable bonds is 6. The standard InChI is InChI=1S/C12H25N3/c1-10(7-13-2)8-14-11-5-6-15(9-11)12-3-4-12/h10-14H,3-9H2,1-2H3. The van der Waals surface area contributed by atoms with E-state index in [1.807, 2.05) is 7.05 Å². The summed E-state index contributed by atoms with van der Waals surface area (Å²) in [6, 6.07) is 1.71. The largest absolute Gasteiger partial charge is 0.319 e. The quantitative estimate of drug-likeness (QED) is 0.676. The summed E-state index contributed by atoms with van der Waals surface area (Å²) in [4.78, 5) is 2.67. The van der Waals surface area contributed by atoms with Crippen LogP contribution in [-0.4, -0.2) is 50.2 Å². The third-order valence-electron chi connectivity index (χ3n) is 3.59. The van der Waals surface area contributed by atoms with E-state index in [0.29, 0.717) is 0 Å². The lowest BCUT2D eigenvalue weighted by molar-refractivity contribution is 0.315. The predicted molar refractivity (Wildman–Crippen MR) is 64.1 cm³/mol. The molecule has 2 unspecified atom stereocenters. The Bertz CT molecular complexity index is 191. The fraction of sp³-hybridized carbons (Fsp3) is 1.00. The fourth-order valence-electron chi connectivity index (χ4n) is 2.51. The van der Waals surface area contributed by atoms with Gasteiger partial charge in [0.15, 0.2) is 0 Å². The molecule has 2 aliphatic rings. The Morgan fingerprint density at radius 3 is 2.73 bits per heavy atom. The van der Waals surface area contributed by atoms with Crippen molar-refractivity contribution in [3.05, 3.63) is 0 Å². The molecule has 2 fully saturated rings. The monoisotopic (exact) mass is 211 g/mol. The molecule has 88 valence electrons. The normalized spacial score (nSPS) is 29.6. The molecule has 0 aromatic heterocycles. The summed E-state index contributed by atoms with van der Waals surface area (Å²) in [5, 5.41) is 6.93. The Morgan fingerprint density at radius 1 is 1.27 bits per heavy atom. The molecule has 15 heavy (non-hydrogen) atoms. The van der Waals surface area contributed by atoms with Gasteiger partial charge in [-0.25, -0.2) is 0 Å². The topological polar surface area (TPSA) is 27.3 Å². The van der Waals surface area contributed by atoms with Crippen molar-refractivity contribution in [3.63, 3.8) is 0 Å². The number of nitrogens with zero attached hydrogens (tertiary/aromatic N) is 1. The SMILES string of the molecule is CNCC(C)CNC1CCN(C2CC2)C1. The Balaban J connectivity index is 1.59. The van der Waals surface area contributed by atoms with Crippen molar-refractivity contribution in [2.24, 2.45) is 5.92 Å². The zero-order valence-electron chi connectivity index (χ0n) is 10.1. The molecule has 0 spiro atoms. The van der Waals surface area contributed by atoms with Gasteiger partial charge in [0.05, 0.1) is 0 Å². The third kappa shape index (κ3) is 3.44. The van der Waals surface area contributed by atoms with E-state index in [1.54, 1.807) is 0 Å². The molecule has 2 rings (SSSR count). The maximum atomic E-state index is 3.70. The lowest BCUT2D eigenvalue weighted by Crippen LogP contribution is -2.37. The number of hydrogen-bond donors (Lipinski definition) is 2. The summed E-state index contributed by atoms with van der Waals surface area (Å²) < 4.78 is 0. The van der Waals surface area contributed by atoms with E-state index in [-0.39, 0.29) is 0 Å². The van der Waals surface area contributed by atoms with E-state index in [1.165, 1.54) is 32.4 Å². The molecule has 1 saturated carbocycles. The van der Waals surface area contributed by atoms with Crippen LogP contribution in [0.4, 0.5) is 0 Å². The predicted octanol–water partition coefficient (Wildman–Crippen LogP) is 0.668. The first-order valence-electron chi connectivity index (χ1n) is 6.41. The minimum Gasteiger partial charge on any atom is -0.319 e. The van der Waals surface area contributed by atoms with Gasteiger partial charge < -0.3 is 10.6 Å². The van der Waals surface area contributed by atoms with Crippen molar-refractivity contribution in [3.8, 4) is 0 Å². The van der Waals surface area contributed by atoms with E-state index < -0.39 is 0 Å². The van der Waals surface area contributed by atoms with Crippen molar-refractivity contribution in [2.75, 3.05) is 33.2 Å². The molecule has 0 amide bonds. The zero-order chi connectivity index (χ0) is 10.7. The first-order valence-corrected chi connectivity index (χ1v) is 6.41. The smallest absolute Gasteiger partial charge is 0.0207 e. The van der Waals surface area contributed by atoms with E-state index in [9.17, 15) is 0 Å². The first-order chi connectivity index (χ1) is 7.29. The molecule has 3 heteroatoms. The molecule has 2 atom stereocenters. The van der Waals surface area contributed by atoms with Crippen LogP contribution in [0.2, 0.25) is 0 Å². The average molecular weight is 211 g/mol. The molecule has 1 heterocycles. The van der Waals surface area contributed by atoms with Gasteiger partial charge in [0.25, 0.3) is 0 Å². The highest BCUT2D eigenvalue weighted by Gasteiger charge is 2.34. The summed E-state index contributed by atoms with van der Waals surface area (Å²) in [5.74, 6) is 0.741. The van der Waals surface area contributed by atoms with Crippen molar-refractivity contribution in [2.45, 2.75) is 38.3 Å². The van der Waals surface area contributed by atoms with Gasteiger partial charge in [-0.15, -0.1) is 0 Å². The first kappa shape index (κ1) is 11.4. The minimum atomic E-state index is 0.741. The Kier molecular flexibility index (Phi) is 4.00. The molecular weight excluding hydrogens is 186 g/mol. The second-order valence-corrected chi connectivity index (χ2v) is 5.28. The summed E-state index contributed by atoms with van der Waals surface area (Å²) >= 11 is 0. The van der Waals surface area contributed by atoms with Crippen molar-refractivity contribution in [1.82, 2.24) is 15.5 Å². The van der Waals surface area contributed by atoms with Gasteiger partial charge in [-0.05, 0) is 45.3 Å². The minimum absolute atomic E-state index is 0.741. The summed E-state index contributed by atoms with van der Waals surface area (Å²) in [7, 11) is 2.03. The van der Waals surface area contributed by atoms with Crippen LogP contribution in [0.1, 0.15) is 26.2 Å². The van der Waals surface area contributed by atoms with Gasteiger partial charge in [0.1, 0.15) is 0 Å². The highest BCUT2D eigenvalue weighted by atomic mass is 15.2. The lowest BCUT2D eigenvalue weighted by atomic mass is 10.1. The van der Waals surface area contributed by atoms with Crippen LogP contribution in [0, 0.1) is 5.92 Å². The highest BCUT2D eigenvalue weighted by Crippen LogP contribution is 2.29. The number of nitrogens with one attached hydrogen (secondary N) is 2. The van der Waals surface area contributed by atoms with Crippen LogP contribution < -0.4 is 10.6 Å². The third-order valence-corrected chi connectivity index (χ3v) is 3.59. The molecule has 1 aliphatic carbocycles. The second-order valence-electron chi connectivity index (χ2n) is 5.28. The molecule has 1 aliphatic heterocycles. The van der Waals surface area contributed by atoms with Crippen LogP contribution in [0.15, 0.2) is 0 Å². The molecule has 1 saturated heterocycles. The molecule has 3 nitrogen and oxygen atoms in total. The van der Waals surface area contributed by atoms with Gasteiger partial charge in [-0.3, -0.25) is 4.90 Å². The van der Waals surface area contributed by atoms with E-state index >= 15 is 0 Å². The zero-order valence-corrected chi connectivity index (χ0v) is 10.1.